The topological polar surface area (TPSA) is 153 Å². The van der Waals surface area contributed by atoms with Gasteiger partial charge in [-0.05, 0) is 19.1 Å². The van der Waals surface area contributed by atoms with Gasteiger partial charge in [0.1, 0.15) is 30.1 Å². The predicted molar refractivity (Wildman–Crippen MR) is 117 cm³/mol. The molecule has 5 atom stereocenters. The summed E-state index contributed by atoms with van der Waals surface area (Å²) in [4.78, 5) is 59.6. The van der Waals surface area contributed by atoms with Gasteiger partial charge < -0.3 is 33.7 Å². The fourth-order valence-corrected chi connectivity index (χ4v) is 3.46. The largest absolute Gasteiger partial charge is 0.463 e. The van der Waals surface area contributed by atoms with Crippen LogP contribution in [0, 0.1) is 0 Å². The van der Waals surface area contributed by atoms with Gasteiger partial charge in [-0.1, -0.05) is 12.1 Å². The molecule has 0 radical (unpaired) electrons. The van der Waals surface area contributed by atoms with Gasteiger partial charge >= 0.3 is 23.9 Å². The van der Waals surface area contributed by atoms with Gasteiger partial charge in [0.2, 0.25) is 12.2 Å². The van der Waals surface area contributed by atoms with E-state index in [1.165, 1.54) is 26.0 Å². The molecule has 192 valence electrons. The van der Waals surface area contributed by atoms with Crippen LogP contribution in [0.15, 0.2) is 24.3 Å². The van der Waals surface area contributed by atoms with Crippen molar-refractivity contribution in [2.24, 2.45) is 0 Å². The van der Waals surface area contributed by atoms with Crippen molar-refractivity contribution >= 4 is 29.8 Å². The molecule has 0 unspecified atom stereocenters. The normalized spacial score (nSPS) is 23.4. The van der Waals surface area contributed by atoms with E-state index in [1.807, 2.05) is 0 Å². The van der Waals surface area contributed by atoms with E-state index in [2.05, 4.69) is 5.32 Å². The zero-order valence-electron chi connectivity index (χ0n) is 20.1. The van der Waals surface area contributed by atoms with Gasteiger partial charge in [-0.15, -0.1) is 0 Å². The van der Waals surface area contributed by atoms with E-state index >= 15 is 0 Å². The standard InChI is InChI=1S/C23H29NO11/c1-6-30-22(29)16-9-7-8-10-17(16)34-23-19(24-12(2)25)21(33-15(5)28)20(32-14(4)27)18(35-23)11-31-13(3)26/h7-10,18-21,23H,6,11H2,1-5H3,(H,24,25)/t18-,19-,20+,21-,23+/m0/s1. The van der Waals surface area contributed by atoms with E-state index < -0.39 is 60.4 Å². The van der Waals surface area contributed by atoms with Crippen molar-refractivity contribution in [2.45, 2.75) is 65.3 Å². The molecular weight excluding hydrogens is 466 g/mol. The molecule has 1 amide bonds. The zero-order valence-corrected chi connectivity index (χ0v) is 20.1. The molecule has 12 heteroatoms. The van der Waals surface area contributed by atoms with Gasteiger partial charge in [-0.3, -0.25) is 19.2 Å². The number of nitrogens with one attached hydrogen (secondary N) is 1. The van der Waals surface area contributed by atoms with Crippen LogP contribution in [0.25, 0.3) is 0 Å². The van der Waals surface area contributed by atoms with Crippen LogP contribution in [0.2, 0.25) is 0 Å². The van der Waals surface area contributed by atoms with Crippen molar-refractivity contribution in [1.29, 1.82) is 0 Å². The van der Waals surface area contributed by atoms with E-state index in [9.17, 15) is 24.0 Å². The smallest absolute Gasteiger partial charge is 0.341 e. The maximum Gasteiger partial charge on any atom is 0.341 e. The number of rotatable bonds is 9. The highest BCUT2D eigenvalue weighted by Crippen LogP contribution is 2.30. The van der Waals surface area contributed by atoms with Crippen molar-refractivity contribution < 1.29 is 52.4 Å². The molecule has 0 aliphatic carbocycles. The van der Waals surface area contributed by atoms with Crippen LogP contribution in [-0.4, -0.2) is 73.6 Å². The average Bonchev–Trinajstić information content (AvgIpc) is 2.76. The molecule has 1 heterocycles. The molecule has 1 aromatic carbocycles. The highest BCUT2D eigenvalue weighted by Gasteiger charge is 2.52. The highest BCUT2D eigenvalue weighted by atomic mass is 16.7. The van der Waals surface area contributed by atoms with E-state index in [-0.39, 0.29) is 24.5 Å². The SMILES string of the molecule is CCOC(=O)c1ccccc1O[C@@H]1O[C@@H](COC(C)=O)[C@@H](OC(C)=O)[C@@H](OC(C)=O)[C@@H]1NC(C)=O. The Labute approximate surface area is 202 Å². The molecular formula is C23H29NO11. The Hall–Kier alpha value is -3.67. The number of para-hydroxylation sites is 1. The minimum Gasteiger partial charge on any atom is -0.463 e. The van der Waals surface area contributed by atoms with Gasteiger partial charge in [0.15, 0.2) is 12.2 Å². The van der Waals surface area contributed by atoms with Crippen molar-refractivity contribution in [2.75, 3.05) is 13.2 Å². The quantitative estimate of drug-likeness (QED) is 0.384. The van der Waals surface area contributed by atoms with Gasteiger partial charge in [-0.2, -0.15) is 0 Å². The Morgan fingerprint density at radius 1 is 0.886 bits per heavy atom. The first-order valence-corrected chi connectivity index (χ1v) is 10.9. The zero-order chi connectivity index (χ0) is 26.1. The lowest BCUT2D eigenvalue weighted by Gasteiger charge is -2.44. The van der Waals surface area contributed by atoms with Crippen LogP contribution < -0.4 is 10.1 Å². The molecule has 1 fully saturated rings. The number of esters is 4. The first kappa shape index (κ1) is 27.6. The van der Waals surface area contributed by atoms with Crippen molar-refractivity contribution in [3.8, 4) is 5.75 Å². The van der Waals surface area contributed by atoms with Gasteiger partial charge in [0.25, 0.3) is 0 Å². The lowest BCUT2D eigenvalue weighted by Crippen LogP contribution is -2.67. The summed E-state index contributed by atoms with van der Waals surface area (Å²) in [6, 6.07) is 5.00. The summed E-state index contributed by atoms with van der Waals surface area (Å²) in [5, 5.41) is 2.59. The van der Waals surface area contributed by atoms with Gasteiger partial charge in [0, 0.05) is 27.7 Å². The third-order valence-corrected chi connectivity index (χ3v) is 4.70. The Morgan fingerprint density at radius 3 is 2.09 bits per heavy atom. The molecule has 1 aromatic rings. The maximum absolute atomic E-state index is 12.4. The second kappa shape index (κ2) is 12.7. The minimum absolute atomic E-state index is 0.0602. The molecule has 1 aliphatic rings. The average molecular weight is 495 g/mol. The van der Waals surface area contributed by atoms with Crippen LogP contribution in [0.1, 0.15) is 45.0 Å². The summed E-state index contributed by atoms with van der Waals surface area (Å²) in [5.41, 5.74) is 0.0854. The molecule has 1 N–H and O–H groups in total. The molecule has 12 nitrogen and oxygen atoms in total. The molecule has 35 heavy (non-hydrogen) atoms. The predicted octanol–water partition coefficient (Wildman–Crippen LogP) is 0.898. The Bertz CT molecular complexity index is 947. The summed E-state index contributed by atoms with van der Waals surface area (Å²) >= 11 is 0. The number of benzene rings is 1. The van der Waals surface area contributed by atoms with Crippen LogP contribution in [0.5, 0.6) is 5.75 Å². The van der Waals surface area contributed by atoms with E-state index in [1.54, 1.807) is 19.1 Å². The maximum atomic E-state index is 12.4. The highest BCUT2D eigenvalue weighted by molar-refractivity contribution is 5.92. The number of hydrogen-bond acceptors (Lipinski definition) is 11. The second-order valence-electron chi connectivity index (χ2n) is 7.55. The second-order valence-corrected chi connectivity index (χ2v) is 7.55. The van der Waals surface area contributed by atoms with Crippen LogP contribution in [0.4, 0.5) is 0 Å². The van der Waals surface area contributed by atoms with E-state index in [0.717, 1.165) is 13.8 Å². The molecule has 0 aromatic heterocycles. The molecule has 2 rings (SSSR count). The third kappa shape index (κ3) is 7.95. The summed E-state index contributed by atoms with van der Waals surface area (Å²) < 4.78 is 32.8. The number of carbonyl (C=O) groups excluding carboxylic acids is 5. The molecule has 0 spiro atoms. The summed E-state index contributed by atoms with van der Waals surface area (Å²) in [6.45, 7) is 6.08. The third-order valence-electron chi connectivity index (χ3n) is 4.70. The van der Waals surface area contributed by atoms with E-state index in [0.29, 0.717) is 0 Å². The fourth-order valence-electron chi connectivity index (χ4n) is 3.46. The Balaban J connectivity index is 2.51. The number of ether oxygens (including phenoxy) is 6. The molecule has 0 bridgehead atoms. The molecule has 1 aliphatic heterocycles. The lowest BCUT2D eigenvalue weighted by molar-refractivity contribution is -0.257. The summed E-state index contributed by atoms with van der Waals surface area (Å²) in [6.07, 6.45) is -5.04. The van der Waals surface area contributed by atoms with Crippen molar-refractivity contribution in [1.82, 2.24) is 5.32 Å². The first-order valence-electron chi connectivity index (χ1n) is 10.9. The Morgan fingerprint density at radius 2 is 1.51 bits per heavy atom. The lowest BCUT2D eigenvalue weighted by atomic mass is 9.96. The number of amides is 1. The Kier molecular flexibility index (Phi) is 10.0. The van der Waals surface area contributed by atoms with Crippen LogP contribution in [-0.2, 0) is 42.9 Å². The van der Waals surface area contributed by atoms with Crippen molar-refractivity contribution in [3.05, 3.63) is 29.8 Å². The van der Waals surface area contributed by atoms with Gasteiger partial charge in [0.05, 0.1) is 6.61 Å². The van der Waals surface area contributed by atoms with Crippen LogP contribution >= 0.6 is 0 Å². The first-order chi connectivity index (χ1) is 16.5. The van der Waals surface area contributed by atoms with E-state index in [4.69, 9.17) is 28.4 Å². The molecule has 1 saturated heterocycles. The minimum atomic E-state index is -1.36. The summed E-state index contributed by atoms with van der Waals surface area (Å²) in [7, 11) is 0. The van der Waals surface area contributed by atoms with Crippen LogP contribution in [0.3, 0.4) is 0 Å². The molecule has 0 saturated carbocycles. The fraction of sp³-hybridized carbons (Fsp3) is 0.522. The number of carbonyl (C=O) groups is 5. The monoisotopic (exact) mass is 495 g/mol. The number of hydrogen-bond donors (Lipinski definition) is 1. The van der Waals surface area contributed by atoms with Gasteiger partial charge in [-0.25, -0.2) is 4.79 Å². The van der Waals surface area contributed by atoms with Crippen molar-refractivity contribution in [3.63, 3.8) is 0 Å². The summed E-state index contributed by atoms with van der Waals surface area (Å²) in [5.74, 6) is -3.21.